The molecule has 0 aliphatic carbocycles. The molecule has 1 heterocycles. The molecule has 0 amide bonds. The van der Waals surface area contributed by atoms with Crippen LogP contribution in [0.25, 0.3) is 0 Å². The van der Waals surface area contributed by atoms with Crippen molar-refractivity contribution < 1.29 is 8.42 Å². The van der Waals surface area contributed by atoms with E-state index in [0.29, 0.717) is 10.6 Å². The molecule has 0 aromatic heterocycles. The summed E-state index contributed by atoms with van der Waals surface area (Å²) in [5, 5.41) is 0.579. The van der Waals surface area contributed by atoms with E-state index in [9.17, 15) is 8.42 Å². The van der Waals surface area contributed by atoms with Gasteiger partial charge in [-0.25, -0.2) is 0 Å². The lowest BCUT2D eigenvalue weighted by molar-refractivity contribution is 0.585. The Labute approximate surface area is 92.1 Å². The highest BCUT2D eigenvalue weighted by atomic mass is 35.5. The zero-order valence-electron chi connectivity index (χ0n) is 7.51. The molecule has 5 nitrogen and oxygen atoms in total. The van der Waals surface area contributed by atoms with Crippen molar-refractivity contribution in [1.29, 1.82) is 0 Å². The van der Waals surface area contributed by atoms with Crippen molar-refractivity contribution in [2.24, 2.45) is 10.1 Å². The van der Waals surface area contributed by atoms with Gasteiger partial charge in [-0.3, -0.25) is 0 Å². The van der Waals surface area contributed by atoms with Crippen LogP contribution in [0.2, 0.25) is 5.02 Å². The topological polar surface area (TPSA) is 84.5 Å². The first kappa shape index (κ1) is 10.4. The molecule has 0 saturated heterocycles. The van der Waals surface area contributed by atoms with Gasteiger partial charge in [-0.05, 0) is 17.7 Å². The first-order chi connectivity index (χ1) is 6.98. The van der Waals surface area contributed by atoms with Gasteiger partial charge in [0.15, 0.2) is 0 Å². The van der Waals surface area contributed by atoms with E-state index < -0.39 is 16.3 Å². The summed E-state index contributed by atoms with van der Waals surface area (Å²) in [5.41, 5.74) is 6.21. The molecule has 1 atom stereocenters. The van der Waals surface area contributed by atoms with E-state index >= 15 is 0 Å². The SMILES string of the molecule is NC1=NS(=O)(=O)N[C@@H]1c1ccc(Cl)cc1. The summed E-state index contributed by atoms with van der Waals surface area (Å²) in [6.07, 6.45) is 0. The van der Waals surface area contributed by atoms with Crippen molar-refractivity contribution in [3.8, 4) is 0 Å². The second kappa shape index (κ2) is 3.48. The maximum atomic E-state index is 11.1. The number of amidine groups is 1. The van der Waals surface area contributed by atoms with Crippen LogP contribution in [0.1, 0.15) is 11.6 Å². The van der Waals surface area contributed by atoms with Gasteiger partial charge in [0.25, 0.3) is 0 Å². The van der Waals surface area contributed by atoms with Gasteiger partial charge in [0, 0.05) is 5.02 Å². The van der Waals surface area contributed by atoms with Gasteiger partial charge >= 0.3 is 10.2 Å². The van der Waals surface area contributed by atoms with Crippen LogP contribution in [0.15, 0.2) is 28.7 Å². The number of halogens is 1. The number of hydrogen-bond donors (Lipinski definition) is 2. The minimum Gasteiger partial charge on any atom is -0.385 e. The fourth-order valence-corrected chi connectivity index (χ4v) is 2.44. The minimum atomic E-state index is -3.62. The molecule has 80 valence electrons. The van der Waals surface area contributed by atoms with E-state index in [1.54, 1.807) is 24.3 Å². The van der Waals surface area contributed by atoms with E-state index in [4.69, 9.17) is 17.3 Å². The lowest BCUT2D eigenvalue weighted by Crippen LogP contribution is -2.28. The van der Waals surface area contributed by atoms with E-state index in [-0.39, 0.29) is 5.84 Å². The first-order valence-corrected chi connectivity index (χ1v) is 5.93. The summed E-state index contributed by atoms with van der Waals surface area (Å²) in [6.45, 7) is 0. The van der Waals surface area contributed by atoms with Crippen LogP contribution in [0.4, 0.5) is 0 Å². The third-order valence-electron chi connectivity index (χ3n) is 1.99. The van der Waals surface area contributed by atoms with Crippen LogP contribution in [0.3, 0.4) is 0 Å². The molecule has 0 fully saturated rings. The van der Waals surface area contributed by atoms with Crippen molar-refractivity contribution >= 4 is 27.6 Å². The summed E-state index contributed by atoms with van der Waals surface area (Å²) in [7, 11) is -3.62. The molecule has 2 rings (SSSR count). The summed E-state index contributed by atoms with van der Waals surface area (Å²) in [4.78, 5) is 0. The molecule has 3 N–H and O–H groups in total. The molecule has 0 bridgehead atoms. The average Bonchev–Trinajstić information content (AvgIpc) is 2.41. The predicted octanol–water partition coefficient (Wildman–Crippen LogP) is 0.586. The van der Waals surface area contributed by atoms with Crippen molar-refractivity contribution in [3.63, 3.8) is 0 Å². The average molecular weight is 246 g/mol. The Bertz CT molecular complexity index is 509. The third kappa shape index (κ3) is 2.11. The Balaban J connectivity index is 2.35. The Hall–Kier alpha value is -1.11. The highest BCUT2D eigenvalue weighted by Gasteiger charge is 2.29. The largest absolute Gasteiger partial charge is 0.385 e. The lowest BCUT2D eigenvalue weighted by atomic mass is 10.1. The van der Waals surface area contributed by atoms with Crippen LogP contribution < -0.4 is 10.5 Å². The fourth-order valence-electron chi connectivity index (χ4n) is 1.32. The Kier molecular flexibility index (Phi) is 2.41. The molecule has 1 aliphatic heterocycles. The Morgan fingerprint density at radius 2 is 1.93 bits per heavy atom. The number of rotatable bonds is 1. The smallest absolute Gasteiger partial charge is 0.322 e. The van der Waals surface area contributed by atoms with Gasteiger partial charge in [0.05, 0.1) is 0 Å². The summed E-state index contributed by atoms with van der Waals surface area (Å²) < 4.78 is 27.8. The van der Waals surface area contributed by atoms with E-state index in [1.807, 2.05) is 0 Å². The summed E-state index contributed by atoms with van der Waals surface area (Å²) in [5.74, 6) is 0.0392. The quantitative estimate of drug-likeness (QED) is 0.759. The Morgan fingerprint density at radius 1 is 1.33 bits per heavy atom. The molecule has 0 radical (unpaired) electrons. The number of nitrogens with one attached hydrogen (secondary N) is 1. The maximum Gasteiger partial charge on any atom is 0.322 e. The van der Waals surface area contributed by atoms with Crippen LogP contribution in [-0.4, -0.2) is 14.3 Å². The highest BCUT2D eigenvalue weighted by molar-refractivity contribution is 7.88. The van der Waals surface area contributed by atoms with E-state index in [2.05, 4.69) is 9.12 Å². The molecular weight excluding hydrogens is 238 g/mol. The van der Waals surface area contributed by atoms with Gasteiger partial charge in [-0.2, -0.15) is 13.1 Å². The molecule has 7 heteroatoms. The van der Waals surface area contributed by atoms with E-state index in [0.717, 1.165) is 0 Å². The molecule has 0 spiro atoms. The number of nitrogens with zero attached hydrogens (tertiary/aromatic N) is 1. The van der Waals surface area contributed by atoms with Crippen molar-refractivity contribution in [3.05, 3.63) is 34.9 Å². The van der Waals surface area contributed by atoms with Crippen molar-refractivity contribution in [2.45, 2.75) is 6.04 Å². The van der Waals surface area contributed by atoms with E-state index in [1.165, 1.54) is 0 Å². The molecule has 15 heavy (non-hydrogen) atoms. The Morgan fingerprint density at radius 3 is 2.40 bits per heavy atom. The predicted molar refractivity (Wildman–Crippen MR) is 57.9 cm³/mol. The normalized spacial score (nSPS) is 23.8. The number of benzene rings is 1. The lowest BCUT2D eigenvalue weighted by Gasteiger charge is -2.09. The number of hydrogen-bond acceptors (Lipinski definition) is 3. The third-order valence-corrected chi connectivity index (χ3v) is 3.23. The zero-order valence-corrected chi connectivity index (χ0v) is 9.09. The minimum absolute atomic E-state index is 0.0392. The van der Waals surface area contributed by atoms with Gasteiger partial charge in [0.1, 0.15) is 11.9 Å². The van der Waals surface area contributed by atoms with Crippen LogP contribution >= 0.6 is 11.6 Å². The molecule has 1 aliphatic rings. The molecule has 1 aromatic carbocycles. The molecule has 1 aromatic rings. The van der Waals surface area contributed by atoms with Crippen LogP contribution in [-0.2, 0) is 10.2 Å². The second-order valence-electron chi connectivity index (χ2n) is 3.09. The van der Waals surface area contributed by atoms with Gasteiger partial charge in [-0.15, -0.1) is 4.40 Å². The molecular formula is C8H8ClN3O2S. The second-order valence-corrected chi connectivity index (χ2v) is 4.90. The first-order valence-electron chi connectivity index (χ1n) is 4.11. The molecule has 0 saturated carbocycles. The monoisotopic (exact) mass is 245 g/mol. The van der Waals surface area contributed by atoms with Gasteiger partial charge in [0.2, 0.25) is 0 Å². The summed E-state index contributed by atoms with van der Waals surface area (Å²) in [6, 6.07) is 6.13. The standard InChI is InChI=1S/C8H8ClN3O2S/c9-6-3-1-5(2-4-6)7-8(10)12-15(13,14)11-7/h1-4,7,11H,(H2,10,12)/t7-/m1/s1. The van der Waals surface area contributed by atoms with Crippen molar-refractivity contribution in [1.82, 2.24) is 4.72 Å². The highest BCUT2D eigenvalue weighted by Crippen LogP contribution is 2.21. The van der Waals surface area contributed by atoms with Crippen LogP contribution in [0, 0.1) is 0 Å². The summed E-state index contributed by atoms with van der Waals surface area (Å²) >= 11 is 5.71. The maximum absolute atomic E-state index is 11.1. The van der Waals surface area contributed by atoms with Crippen molar-refractivity contribution in [2.75, 3.05) is 0 Å². The van der Waals surface area contributed by atoms with Gasteiger partial charge < -0.3 is 5.73 Å². The molecule has 0 unspecified atom stereocenters. The van der Waals surface area contributed by atoms with Gasteiger partial charge in [-0.1, -0.05) is 23.7 Å². The zero-order chi connectivity index (χ0) is 11.1. The number of nitrogens with two attached hydrogens (primary N) is 1. The fraction of sp³-hybridized carbons (Fsp3) is 0.125. The van der Waals surface area contributed by atoms with Crippen LogP contribution in [0.5, 0.6) is 0 Å².